The molecule has 2 amide bonds. The number of hydrogen-bond acceptors (Lipinski definition) is 2. The molecule has 0 saturated heterocycles. The molecule has 0 saturated carbocycles. The van der Waals surface area contributed by atoms with Crippen molar-refractivity contribution in [3.05, 3.63) is 47.9 Å². The highest BCUT2D eigenvalue weighted by Gasteiger charge is 2.10. The monoisotopic (exact) mass is 262 g/mol. The van der Waals surface area contributed by atoms with Crippen molar-refractivity contribution in [3.63, 3.8) is 0 Å². The van der Waals surface area contributed by atoms with Gasteiger partial charge in [-0.05, 0) is 17.7 Å². The molecular weight excluding hydrogens is 247 g/mol. The van der Waals surface area contributed by atoms with E-state index in [0.29, 0.717) is 12.4 Å². The fourth-order valence-electron chi connectivity index (χ4n) is 1.67. The predicted molar refractivity (Wildman–Crippen MR) is 70.1 cm³/mol. The molecule has 0 radical (unpaired) electrons. The van der Waals surface area contributed by atoms with Crippen LogP contribution >= 0.6 is 0 Å². The zero-order valence-corrected chi connectivity index (χ0v) is 10.8. The molecule has 19 heavy (non-hydrogen) atoms. The summed E-state index contributed by atoms with van der Waals surface area (Å²) in [5, 5.41) is 6.71. The number of carbonyl (C=O) groups excluding carboxylic acids is 1. The molecule has 0 bridgehead atoms. The summed E-state index contributed by atoms with van der Waals surface area (Å²) in [4.78, 5) is 13.3. The number of carbonyl (C=O) groups is 1. The van der Waals surface area contributed by atoms with E-state index < -0.39 is 0 Å². The van der Waals surface area contributed by atoms with E-state index >= 15 is 0 Å². The second-order valence-electron chi connectivity index (χ2n) is 4.29. The van der Waals surface area contributed by atoms with Crippen molar-refractivity contribution in [2.45, 2.75) is 6.54 Å². The van der Waals surface area contributed by atoms with Crippen LogP contribution in [0.2, 0.25) is 0 Å². The minimum atomic E-state index is -0.309. The molecule has 0 aliphatic heterocycles. The van der Waals surface area contributed by atoms with Gasteiger partial charge in [0, 0.05) is 32.9 Å². The normalized spacial score (nSPS) is 10.3. The number of benzene rings is 1. The maximum Gasteiger partial charge on any atom is 0.323 e. The van der Waals surface area contributed by atoms with Gasteiger partial charge >= 0.3 is 6.03 Å². The number of hydrogen-bond donors (Lipinski definition) is 1. The van der Waals surface area contributed by atoms with Gasteiger partial charge in [0.15, 0.2) is 5.82 Å². The van der Waals surface area contributed by atoms with Crippen LogP contribution in [-0.4, -0.2) is 27.8 Å². The van der Waals surface area contributed by atoms with Gasteiger partial charge in [-0.2, -0.15) is 5.10 Å². The second kappa shape index (κ2) is 5.51. The first kappa shape index (κ1) is 13.1. The van der Waals surface area contributed by atoms with Crippen LogP contribution in [0.1, 0.15) is 5.56 Å². The number of amides is 2. The third-order valence-electron chi connectivity index (χ3n) is 2.60. The Labute approximate surface area is 110 Å². The average Bonchev–Trinajstić information content (AvgIpc) is 2.74. The number of nitrogens with one attached hydrogen (secondary N) is 1. The molecule has 0 atom stereocenters. The summed E-state index contributed by atoms with van der Waals surface area (Å²) in [5.74, 6) is 0.176. The lowest BCUT2D eigenvalue weighted by molar-refractivity contribution is 0.220. The van der Waals surface area contributed by atoms with Crippen LogP contribution < -0.4 is 5.32 Å². The van der Waals surface area contributed by atoms with E-state index in [9.17, 15) is 9.18 Å². The molecule has 1 heterocycles. The summed E-state index contributed by atoms with van der Waals surface area (Å²) >= 11 is 0. The Kier molecular flexibility index (Phi) is 3.79. The molecule has 1 N–H and O–H groups in total. The van der Waals surface area contributed by atoms with Gasteiger partial charge in [0.05, 0.1) is 0 Å². The minimum Gasteiger partial charge on any atom is -0.323 e. The molecule has 0 unspecified atom stereocenters. The smallest absolute Gasteiger partial charge is 0.323 e. The highest BCUT2D eigenvalue weighted by molar-refractivity contribution is 5.87. The Hall–Kier alpha value is -2.37. The van der Waals surface area contributed by atoms with E-state index in [1.807, 2.05) is 0 Å². The van der Waals surface area contributed by atoms with Gasteiger partial charge in [-0.1, -0.05) is 12.1 Å². The summed E-state index contributed by atoms with van der Waals surface area (Å²) in [5.41, 5.74) is 0.735. The number of nitrogens with zero attached hydrogens (tertiary/aromatic N) is 3. The first-order valence-corrected chi connectivity index (χ1v) is 5.81. The molecule has 0 aliphatic rings. The van der Waals surface area contributed by atoms with E-state index in [1.54, 1.807) is 43.2 Å². The number of rotatable bonds is 3. The lowest BCUT2D eigenvalue weighted by Crippen LogP contribution is -2.31. The molecule has 2 aromatic rings. The quantitative estimate of drug-likeness (QED) is 0.922. The van der Waals surface area contributed by atoms with Gasteiger partial charge in [-0.3, -0.25) is 10.00 Å². The van der Waals surface area contributed by atoms with E-state index in [-0.39, 0.29) is 11.8 Å². The van der Waals surface area contributed by atoms with Crippen molar-refractivity contribution in [3.8, 4) is 0 Å². The van der Waals surface area contributed by atoms with Crippen LogP contribution in [0.15, 0.2) is 36.5 Å². The summed E-state index contributed by atoms with van der Waals surface area (Å²) in [6.07, 6.45) is 1.74. The summed E-state index contributed by atoms with van der Waals surface area (Å²) < 4.78 is 14.6. The van der Waals surface area contributed by atoms with Crippen molar-refractivity contribution in [2.24, 2.45) is 7.05 Å². The van der Waals surface area contributed by atoms with Crippen molar-refractivity contribution < 1.29 is 9.18 Å². The lowest BCUT2D eigenvalue weighted by Gasteiger charge is -2.17. The van der Waals surface area contributed by atoms with Gasteiger partial charge < -0.3 is 4.90 Å². The summed E-state index contributed by atoms with van der Waals surface area (Å²) in [6.45, 7) is 0.330. The first-order chi connectivity index (χ1) is 9.04. The average molecular weight is 262 g/mol. The van der Waals surface area contributed by atoms with Gasteiger partial charge in [0.2, 0.25) is 0 Å². The van der Waals surface area contributed by atoms with Gasteiger partial charge in [-0.15, -0.1) is 0 Å². The molecule has 0 aliphatic carbocycles. The summed E-state index contributed by atoms with van der Waals surface area (Å²) in [6, 6.07) is 7.58. The Bertz CT molecular complexity index is 582. The Morgan fingerprint density at radius 3 is 2.89 bits per heavy atom. The molecule has 2 rings (SSSR count). The van der Waals surface area contributed by atoms with E-state index in [4.69, 9.17) is 0 Å². The van der Waals surface area contributed by atoms with Crippen molar-refractivity contribution >= 4 is 11.8 Å². The van der Waals surface area contributed by atoms with Crippen LogP contribution in [0.4, 0.5) is 15.0 Å². The summed E-state index contributed by atoms with van der Waals surface area (Å²) in [7, 11) is 3.41. The van der Waals surface area contributed by atoms with E-state index in [0.717, 1.165) is 5.56 Å². The van der Waals surface area contributed by atoms with Crippen molar-refractivity contribution in [1.82, 2.24) is 14.7 Å². The van der Waals surface area contributed by atoms with E-state index in [1.165, 1.54) is 17.0 Å². The van der Waals surface area contributed by atoms with Gasteiger partial charge in [0.1, 0.15) is 5.82 Å². The molecule has 5 nitrogen and oxygen atoms in total. The highest BCUT2D eigenvalue weighted by Crippen LogP contribution is 2.08. The zero-order valence-electron chi connectivity index (χ0n) is 10.8. The first-order valence-electron chi connectivity index (χ1n) is 5.81. The number of halogens is 1. The lowest BCUT2D eigenvalue weighted by atomic mass is 10.2. The second-order valence-corrected chi connectivity index (χ2v) is 4.29. The Morgan fingerprint density at radius 1 is 1.47 bits per heavy atom. The number of anilines is 1. The van der Waals surface area contributed by atoms with Crippen molar-refractivity contribution in [1.29, 1.82) is 0 Å². The van der Waals surface area contributed by atoms with Crippen LogP contribution in [0.25, 0.3) is 0 Å². The van der Waals surface area contributed by atoms with Crippen LogP contribution in [0, 0.1) is 5.82 Å². The third kappa shape index (κ3) is 3.54. The minimum absolute atomic E-state index is 0.289. The van der Waals surface area contributed by atoms with Gasteiger partial charge in [0.25, 0.3) is 0 Å². The maximum atomic E-state index is 13.0. The third-order valence-corrected chi connectivity index (χ3v) is 2.60. The van der Waals surface area contributed by atoms with Crippen LogP contribution in [0.3, 0.4) is 0 Å². The molecule has 1 aromatic heterocycles. The molecule has 0 spiro atoms. The van der Waals surface area contributed by atoms with Crippen molar-refractivity contribution in [2.75, 3.05) is 12.4 Å². The molecular formula is C13H15FN4O. The maximum absolute atomic E-state index is 13.0. The molecule has 1 aromatic carbocycles. The molecule has 6 heteroatoms. The largest absolute Gasteiger partial charge is 0.323 e. The zero-order chi connectivity index (χ0) is 13.8. The predicted octanol–water partition coefficient (Wildman–Crippen LogP) is 2.22. The van der Waals surface area contributed by atoms with Crippen LogP contribution in [-0.2, 0) is 13.6 Å². The van der Waals surface area contributed by atoms with Gasteiger partial charge in [-0.25, -0.2) is 9.18 Å². The fourth-order valence-corrected chi connectivity index (χ4v) is 1.67. The highest BCUT2D eigenvalue weighted by atomic mass is 19.1. The number of urea groups is 1. The van der Waals surface area contributed by atoms with Crippen LogP contribution in [0.5, 0.6) is 0 Å². The molecule has 100 valence electrons. The topological polar surface area (TPSA) is 50.2 Å². The van der Waals surface area contributed by atoms with E-state index in [2.05, 4.69) is 10.4 Å². The molecule has 0 fully saturated rings. The fraction of sp³-hybridized carbons (Fsp3) is 0.231. The standard InChI is InChI=1S/C13H15FN4O/c1-17(9-10-4-3-5-11(14)8-10)13(19)15-12-6-7-18(2)16-12/h3-8H,9H2,1-2H3,(H,15,16,19). The number of aromatic nitrogens is 2. The number of aryl methyl sites for hydroxylation is 1. The Morgan fingerprint density at radius 2 is 2.26 bits per heavy atom. The SMILES string of the molecule is CN(Cc1cccc(F)c1)C(=O)Nc1ccn(C)n1. The Balaban J connectivity index is 1.96.